The fourth-order valence-corrected chi connectivity index (χ4v) is 13.8. The minimum atomic E-state index is 0.392. The van der Waals surface area contributed by atoms with E-state index >= 15 is 0 Å². The Morgan fingerprint density at radius 1 is 0.409 bits per heavy atom. The molecule has 0 nitrogen and oxygen atoms in total. The monoisotopic (exact) mass is 316 g/mol. The van der Waals surface area contributed by atoms with E-state index in [1.54, 1.807) is 77.0 Å². The summed E-state index contributed by atoms with van der Waals surface area (Å²) in [5.74, 6) is 7.14. The summed E-state index contributed by atoms with van der Waals surface area (Å²) in [6.07, 6.45) is 19.8. The first kappa shape index (κ1) is 13.7. The third-order valence-corrected chi connectivity index (χ3v) is 13.4. The Labute approximate surface area is 138 Å². The lowest BCUT2D eigenvalue weighted by Gasteiger charge is -2.45. The maximum atomic E-state index is 1.69. The van der Waals surface area contributed by atoms with Crippen molar-refractivity contribution in [3.05, 3.63) is 0 Å². The summed E-state index contributed by atoms with van der Waals surface area (Å²) in [6.45, 7) is 0. The molecular formula is C21H33P. The Balaban J connectivity index is 1.32. The summed E-state index contributed by atoms with van der Waals surface area (Å²) in [5.41, 5.74) is 3.76. The lowest BCUT2D eigenvalue weighted by Crippen LogP contribution is -2.32. The van der Waals surface area contributed by atoms with Crippen molar-refractivity contribution >= 4 is 7.92 Å². The summed E-state index contributed by atoms with van der Waals surface area (Å²) in [7, 11) is 0.392. The minimum absolute atomic E-state index is 0.392. The van der Waals surface area contributed by atoms with Gasteiger partial charge in [0.25, 0.3) is 0 Å². The molecule has 9 unspecified atom stereocenters. The lowest BCUT2D eigenvalue weighted by molar-refractivity contribution is 0.436. The minimum Gasteiger partial charge on any atom is -0.0963 e. The summed E-state index contributed by atoms with van der Waals surface area (Å²) in [4.78, 5) is 0. The van der Waals surface area contributed by atoms with Crippen molar-refractivity contribution in [3.8, 4) is 0 Å². The summed E-state index contributed by atoms with van der Waals surface area (Å²) >= 11 is 0. The number of fused-ring (bicyclic) bond motifs is 6. The van der Waals surface area contributed by atoms with E-state index in [0.717, 1.165) is 0 Å². The Hall–Kier alpha value is 0.430. The number of hydrogen-bond acceptors (Lipinski definition) is 0. The second-order valence-electron chi connectivity index (χ2n) is 10.2. The van der Waals surface area contributed by atoms with Crippen LogP contribution in [0, 0.1) is 35.5 Å². The first-order valence-electron chi connectivity index (χ1n) is 10.6. The highest BCUT2D eigenvalue weighted by atomic mass is 31.1. The van der Waals surface area contributed by atoms with Gasteiger partial charge in [-0.15, -0.1) is 0 Å². The molecule has 0 aromatic heterocycles. The molecule has 6 aliphatic carbocycles. The molecule has 6 fully saturated rings. The molecule has 6 aliphatic rings. The third kappa shape index (κ3) is 1.92. The largest absolute Gasteiger partial charge is 0.0963 e. The van der Waals surface area contributed by atoms with E-state index in [-0.39, 0.29) is 0 Å². The zero-order valence-electron chi connectivity index (χ0n) is 14.1. The van der Waals surface area contributed by atoms with Gasteiger partial charge in [0.15, 0.2) is 0 Å². The van der Waals surface area contributed by atoms with Gasteiger partial charge < -0.3 is 0 Å². The van der Waals surface area contributed by atoms with Gasteiger partial charge in [0.2, 0.25) is 0 Å². The highest BCUT2D eigenvalue weighted by molar-refractivity contribution is 7.60. The molecule has 0 saturated heterocycles. The summed E-state index contributed by atoms with van der Waals surface area (Å²) in [6, 6.07) is 0. The molecular weight excluding hydrogens is 283 g/mol. The van der Waals surface area contributed by atoms with E-state index in [1.807, 2.05) is 0 Å². The molecule has 0 amide bonds. The molecule has 0 aliphatic heterocycles. The first-order valence-corrected chi connectivity index (χ1v) is 12.2. The van der Waals surface area contributed by atoms with Crippen molar-refractivity contribution in [2.45, 2.75) is 94.0 Å². The van der Waals surface area contributed by atoms with Gasteiger partial charge >= 0.3 is 0 Å². The first-order chi connectivity index (χ1) is 10.8. The van der Waals surface area contributed by atoms with Crippen molar-refractivity contribution in [2.75, 3.05) is 0 Å². The molecule has 0 aromatic carbocycles. The molecule has 6 saturated carbocycles. The Morgan fingerprint density at radius 3 is 1.00 bits per heavy atom. The van der Waals surface area contributed by atoms with E-state index in [9.17, 15) is 0 Å². The predicted molar refractivity (Wildman–Crippen MR) is 94.6 cm³/mol. The Kier molecular flexibility index (Phi) is 3.09. The molecule has 0 heterocycles. The van der Waals surface area contributed by atoms with Gasteiger partial charge in [-0.25, -0.2) is 0 Å². The van der Waals surface area contributed by atoms with Gasteiger partial charge in [0, 0.05) is 0 Å². The van der Waals surface area contributed by atoms with Crippen molar-refractivity contribution in [1.82, 2.24) is 0 Å². The van der Waals surface area contributed by atoms with Crippen LogP contribution in [-0.4, -0.2) is 17.0 Å². The summed E-state index contributed by atoms with van der Waals surface area (Å²) in [5, 5.41) is 0. The number of rotatable bonds is 3. The van der Waals surface area contributed by atoms with Crippen LogP contribution in [0.2, 0.25) is 0 Å². The summed E-state index contributed by atoms with van der Waals surface area (Å²) < 4.78 is 0. The second kappa shape index (κ2) is 4.97. The molecule has 0 radical (unpaired) electrons. The maximum absolute atomic E-state index is 1.69. The van der Waals surface area contributed by atoms with Gasteiger partial charge in [-0.2, -0.15) is 0 Å². The quantitative estimate of drug-likeness (QED) is 0.557. The average molecular weight is 316 g/mol. The average Bonchev–Trinajstić information content (AvgIpc) is 3.32. The fourth-order valence-electron chi connectivity index (χ4n) is 8.47. The maximum Gasteiger partial charge on any atom is -0.0173 e. The molecule has 0 N–H and O–H groups in total. The molecule has 1 heteroatoms. The molecule has 6 rings (SSSR count). The van der Waals surface area contributed by atoms with E-state index in [4.69, 9.17) is 0 Å². The zero-order valence-corrected chi connectivity index (χ0v) is 15.0. The predicted octanol–water partition coefficient (Wildman–Crippen LogP) is 6.03. The van der Waals surface area contributed by atoms with Crippen LogP contribution in [0.4, 0.5) is 0 Å². The highest BCUT2D eigenvalue weighted by Crippen LogP contribution is 2.73. The van der Waals surface area contributed by atoms with Crippen molar-refractivity contribution in [1.29, 1.82) is 0 Å². The van der Waals surface area contributed by atoms with Crippen LogP contribution in [0.15, 0.2) is 0 Å². The van der Waals surface area contributed by atoms with Crippen LogP contribution in [0.1, 0.15) is 77.0 Å². The lowest BCUT2D eigenvalue weighted by atomic mass is 9.99. The van der Waals surface area contributed by atoms with E-state index in [0.29, 0.717) is 7.92 Å². The SMILES string of the molecule is C1CC2CC1CC2P(C1CC2CCC1C2)C1CC2CCC1C2. The molecule has 6 bridgehead atoms. The zero-order chi connectivity index (χ0) is 14.3. The Morgan fingerprint density at radius 2 is 0.773 bits per heavy atom. The third-order valence-electron chi connectivity index (χ3n) is 9.25. The standard InChI is InChI=1S/C21H33P/c1-4-16-7-13(1)10-19(16)22(20-11-14-2-5-17(20)8-14)21-12-15-3-6-18(21)9-15/h13-21H,1-12H2. The molecule has 0 spiro atoms. The smallest absolute Gasteiger partial charge is 0.0173 e. The second-order valence-corrected chi connectivity index (χ2v) is 13.1. The van der Waals surface area contributed by atoms with Gasteiger partial charge in [-0.1, -0.05) is 27.2 Å². The molecule has 122 valence electrons. The van der Waals surface area contributed by atoms with Crippen molar-refractivity contribution in [3.63, 3.8) is 0 Å². The van der Waals surface area contributed by atoms with E-state index in [1.165, 1.54) is 52.5 Å². The normalized spacial score (nSPS) is 59.7. The number of hydrogen-bond donors (Lipinski definition) is 0. The van der Waals surface area contributed by atoms with E-state index in [2.05, 4.69) is 0 Å². The fraction of sp³-hybridized carbons (Fsp3) is 1.00. The van der Waals surface area contributed by atoms with Crippen LogP contribution in [0.3, 0.4) is 0 Å². The molecule has 9 atom stereocenters. The van der Waals surface area contributed by atoms with Gasteiger partial charge in [-0.3, -0.25) is 0 Å². The van der Waals surface area contributed by atoms with Crippen LogP contribution in [0.5, 0.6) is 0 Å². The van der Waals surface area contributed by atoms with Crippen LogP contribution >= 0.6 is 7.92 Å². The molecule has 22 heavy (non-hydrogen) atoms. The van der Waals surface area contributed by atoms with Crippen molar-refractivity contribution in [2.24, 2.45) is 35.5 Å². The Bertz CT molecular complexity index is 392. The van der Waals surface area contributed by atoms with Crippen LogP contribution in [-0.2, 0) is 0 Å². The van der Waals surface area contributed by atoms with Crippen LogP contribution < -0.4 is 0 Å². The highest BCUT2D eigenvalue weighted by Gasteiger charge is 2.55. The van der Waals surface area contributed by atoms with Gasteiger partial charge in [-0.05, 0) is 110 Å². The molecule has 0 aromatic rings. The van der Waals surface area contributed by atoms with E-state index < -0.39 is 0 Å². The van der Waals surface area contributed by atoms with Crippen LogP contribution in [0.25, 0.3) is 0 Å². The van der Waals surface area contributed by atoms with Gasteiger partial charge in [0.1, 0.15) is 0 Å². The van der Waals surface area contributed by atoms with Crippen molar-refractivity contribution < 1.29 is 0 Å². The van der Waals surface area contributed by atoms with Gasteiger partial charge in [0.05, 0.1) is 0 Å². The topological polar surface area (TPSA) is 0 Å².